The molecular formula is C20H34ClN3O3S. The van der Waals surface area contributed by atoms with Crippen LogP contribution in [-0.2, 0) is 27.1 Å². The molecule has 160 valence electrons. The molecule has 1 aliphatic carbocycles. The lowest BCUT2D eigenvalue weighted by Crippen LogP contribution is -2.50. The molecule has 0 aromatic heterocycles. The largest absolute Gasteiger partial charge is 0.379 e. The number of nitrogens with one attached hydrogen (secondary N) is 3. The monoisotopic (exact) mass is 431 g/mol. The quantitative estimate of drug-likeness (QED) is 0.588. The Balaban J connectivity index is 0.00000280. The van der Waals surface area contributed by atoms with E-state index in [0.717, 1.165) is 31.9 Å². The Labute approximate surface area is 175 Å². The lowest BCUT2D eigenvalue weighted by molar-refractivity contribution is 0.0524. The van der Waals surface area contributed by atoms with Crippen LogP contribution >= 0.6 is 12.4 Å². The average molecular weight is 432 g/mol. The lowest BCUT2D eigenvalue weighted by atomic mass is 9.94. The first kappa shape index (κ1) is 23.6. The van der Waals surface area contributed by atoms with Gasteiger partial charge < -0.3 is 15.4 Å². The molecule has 0 amide bonds. The van der Waals surface area contributed by atoms with Gasteiger partial charge in [0.2, 0.25) is 10.0 Å². The third kappa shape index (κ3) is 6.97. The van der Waals surface area contributed by atoms with Crippen LogP contribution in [0.2, 0.25) is 0 Å². The van der Waals surface area contributed by atoms with Crippen LogP contribution in [0.5, 0.6) is 0 Å². The van der Waals surface area contributed by atoms with Gasteiger partial charge in [-0.3, -0.25) is 0 Å². The van der Waals surface area contributed by atoms with E-state index >= 15 is 0 Å². The Hall–Kier alpha value is -0.700. The number of hydrogen-bond acceptors (Lipinski definition) is 5. The van der Waals surface area contributed by atoms with E-state index in [-0.39, 0.29) is 24.2 Å². The van der Waals surface area contributed by atoms with Gasteiger partial charge in [-0.2, -0.15) is 0 Å². The zero-order valence-electron chi connectivity index (χ0n) is 16.8. The summed E-state index contributed by atoms with van der Waals surface area (Å²) in [5.41, 5.74) is 2.00. The number of benzene rings is 1. The summed E-state index contributed by atoms with van der Waals surface area (Å²) in [4.78, 5) is 0. The second-order valence-corrected chi connectivity index (χ2v) is 9.82. The van der Waals surface area contributed by atoms with Crippen molar-refractivity contribution < 1.29 is 13.2 Å². The maximum atomic E-state index is 12.0. The van der Waals surface area contributed by atoms with Crippen molar-refractivity contribution in [2.75, 3.05) is 19.8 Å². The molecule has 1 aliphatic heterocycles. The van der Waals surface area contributed by atoms with E-state index < -0.39 is 10.0 Å². The highest BCUT2D eigenvalue weighted by molar-refractivity contribution is 7.88. The first-order chi connectivity index (χ1) is 12.9. The van der Waals surface area contributed by atoms with Crippen LogP contribution in [0.1, 0.15) is 44.2 Å². The minimum absolute atomic E-state index is 0. The fourth-order valence-corrected chi connectivity index (χ4v) is 5.64. The zero-order chi connectivity index (χ0) is 19.3. The first-order valence-electron chi connectivity index (χ1n) is 10.1. The Morgan fingerprint density at radius 2 is 1.89 bits per heavy atom. The van der Waals surface area contributed by atoms with Gasteiger partial charge >= 0.3 is 0 Å². The highest BCUT2D eigenvalue weighted by Gasteiger charge is 2.34. The smallest absolute Gasteiger partial charge is 0.216 e. The Bertz CT molecular complexity index is 691. The van der Waals surface area contributed by atoms with E-state index in [1.54, 1.807) is 0 Å². The predicted octanol–water partition coefficient (Wildman–Crippen LogP) is 2.18. The van der Waals surface area contributed by atoms with Gasteiger partial charge in [0.25, 0.3) is 0 Å². The van der Waals surface area contributed by atoms with Crippen molar-refractivity contribution in [2.24, 2.45) is 5.92 Å². The van der Waals surface area contributed by atoms with E-state index in [1.165, 1.54) is 24.8 Å². The van der Waals surface area contributed by atoms with E-state index in [2.05, 4.69) is 15.4 Å². The van der Waals surface area contributed by atoms with Crippen molar-refractivity contribution in [3.63, 3.8) is 0 Å². The molecule has 1 saturated heterocycles. The van der Waals surface area contributed by atoms with Gasteiger partial charge in [0.05, 0.1) is 19.0 Å². The summed E-state index contributed by atoms with van der Waals surface area (Å²) < 4.78 is 32.3. The number of halogens is 1. The molecule has 3 atom stereocenters. The van der Waals surface area contributed by atoms with Crippen molar-refractivity contribution in [3.8, 4) is 0 Å². The van der Waals surface area contributed by atoms with Crippen molar-refractivity contribution >= 4 is 22.4 Å². The maximum Gasteiger partial charge on any atom is 0.216 e. The number of hydrogen-bond donors (Lipinski definition) is 3. The Morgan fingerprint density at radius 1 is 1.18 bits per heavy atom. The van der Waals surface area contributed by atoms with E-state index in [0.29, 0.717) is 18.0 Å². The molecule has 3 rings (SSSR count). The molecule has 28 heavy (non-hydrogen) atoms. The summed E-state index contributed by atoms with van der Waals surface area (Å²) in [7, 11) is -3.28. The van der Waals surface area contributed by atoms with Crippen molar-refractivity contribution in [1.29, 1.82) is 0 Å². The molecule has 0 spiro atoms. The van der Waals surface area contributed by atoms with E-state index in [4.69, 9.17) is 4.74 Å². The first-order valence-corrected chi connectivity index (χ1v) is 11.7. The average Bonchev–Trinajstić information content (AvgIpc) is 3.09. The van der Waals surface area contributed by atoms with Crippen molar-refractivity contribution in [3.05, 3.63) is 35.4 Å². The summed E-state index contributed by atoms with van der Waals surface area (Å²) in [5, 5.41) is 7.32. The number of ether oxygens (including phenoxy) is 1. The molecular weight excluding hydrogens is 398 g/mol. The molecule has 2 fully saturated rings. The molecule has 2 aliphatic rings. The predicted molar refractivity (Wildman–Crippen MR) is 115 cm³/mol. The highest BCUT2D eigenvalue weighted by Crippen LogP contribution is 2.29. The van der Waals surface area contributed by atoms with E-state index in [1.807, 2.05) is 38.1 Å². The molecule has 1 aromatic carbocycles. The summed E-state index contributed by atoms with van der Waals surface area (Å²) in [6.07, 6.45) is 3.72. The topological polar surface area (TPSA) is 79.5 Å². The molecule has 3 N–H and O–H groups in total. The number of morpholine rings is 1. The summed E-state index contributed by atoms with van der Waals surface area (Å²) in [5.74, 6) is 0.647. The number of sulfonamides is 1. The standard InChI is InChI=1S/C20H33N3O3S.ClH/c1-15(2)23-27(24,25)14-17-8-6-16(7-9-17)12-22-19-5-3-4-18(19)20-13-26-11-10-21-20;/h6-9,15,18-23H,3-5,10-14H2,1-2H3;1H. The number of rotatable bonds is 8. The zero-order valence-corrected chi connectivity index (χ0v) is 18.4. The van der Waals surface area contributed by atoms with Gasteiger partial charge in [0, 0.05) is 31.2 Å². The van der Waals surface area contributed by atoms with Gasteiger partial charge in [0.1, 0.15) is 0 Å². The summed E-state index contributed by atoms with van der Waals surface area (Å²) in [6, 6.07) is 8.78. The maximum absolute atomic E-state index is 12.0. The van der Waals surface area contributed by atoms with Crippen molar-refractivity contribution in [2.45, 2.75) is 63.5 Å². The fraction of sp³-hybridized carbons (Fsp3) is 0.700. The third-order valence-corrected chi connectivity index (χ3v) is 6.94. The molecule has 8 heteroatoms. The van der Waals surface area contributed by atoms with Crippen LogP contribution in [0.25, 0.3) is 0 Å². The van der Waals surface area contributed by atoms with E-state index in [9.17, 15) is 8.42 Å². The van der Waals surface area contributed by atoms with Crippen LogP contribution in [0.3, 0.4) is 0 Å². The Morgan fingerprint density at radius 3 is 2.54 bits per heavy atom. The van der Waals surface area contributed by atoms with Crippen LogP contribution in [0, 0.1) is 5.92 Å². The van der Waals surface area contributed by atoms with Crippen LogP contribution in [-0.4, -0.2) is 46.3 Å². The van der Waals surface area contributed by atoms with Crippen LogP contribution in [0.4, 0.5) is 0 Å². The second-order valence-electron chi connectivity index (χ2n) is 8.07. The molecule has 0 radical (unpaired) electrons. The minimum Gasteiger partial charge on any atom is -0.379 e. The third-order valence-electron chi connectivity index (χ3n) is 5.40. The molecule has 1 saturated carbocycles. The summed E-state index contributed by atoms with van der Waals surface area (Å²) >= 11 is 0. The molecule has 1 heterocycles. The highest BCUT2D eigenvalue weighted by atomic mass is 35.5. The van der Waals surface area contributed by atoms with Gasteiger partial charge in [-0.15, -0.1) is 12.4 Å². The second kappa shape index (κ2) is 10.9. The van der Waals surface area contributed by atoms with Gasteiger partial charge in [-0.25, -0.2) is 13.1 Å². The van der Waals surface area contributed by atoms with Gasteiger partial charge in [-0.1, -0.05) is 30.7 Å². The van der Waals surface area contributed by atoms with Crippen LogP contribution in [0.15, 0.2) is 24.3 Å². The molecule has 6 nitrogen and oxygen atoms in total. The molecule has 3 unspecified atom stereocenters. The minimum atomic E-state index is -3.28. The Kier molecular flexibility index (Phi) is 9.18. The fourth-order valence-electron chi connectivity index (χ4n) is 4.21. The van der Waals surface area contributed by atoms with Gasteiger partial charge in [0.15, 0.2) is 0 Å². The lowest BCUT2D eigenvalue weighted by Gasteiger charge is -2.33. The van der Waals surface area contributed by atoms with Gasteiger partial charge in [-0.05, 0) is 43.7 Å². The molecule has 0 bridgehead atoms. The summed E-state index contributed by atoms with van der Waals surface area (Å²) in [6.45, 7) is 7.05. The van der Waals surface area contributed by atoms with Crippen LogP contribution < -0.4 is 15.4 Å². The molecule has 1 aromatic rings. The van der Waals surface area contributed by atoms with Crippen molar-refractivity contribution in [1.82, 2.24) is 15.4 Å². The SMILES string of the molecule is CC(C)NS(=O)(=O)Cc1ccc(CNC2CCCC2C2COCCN2)cc1.Cl. The normalized spacial score (nSPS) is 25.6.